The van der Waals surface area contributed by atoms with Gasteiger partial charge >= 0.3 is 0 Å². The van der Waals surface area contributed by atoms with Crippen molar-refractivity contribution in [2.24, 2.45) is 0 Å². The minimum absolute atomic E-state index is 0.0200. The number of rotatable bonds is 2. The van der Waals surface area contributed by atoms with Crippen LogP contribution in [0.1, 0.15) is 0 Å². The number of fused-ring (bicyclic) bond motifs is 1. The first-order chi connectivity index (χ1) is 9.65. The monoisotopic (exact) mass is 285 g/mol. The lowest BCUT2D eigenvalue weighted by Crippen LogP contribution is -1.92. The number of halogens is 1. The Labute approximate surface area is 119 Å². The second-order valence-electron chi connectivity index (χ2n) is 4.17. The maximum absolute atomic E-state index is 10.7. The summed E-state index contributed by atoms with van der Waals surface area (Å²) in [6.45, 7) is 0. The molecule has 0 amide bonds. The fourth-order valence-corrected chi connectivity index (χ4v) is 2.13. The van der Waals surface area contributed by atoms with Crippen LogP contribution >= 0.6 is 11.6 Å². The van der Waals surface area contributed by atoms with Crippen molar-refractivity contribution in [3.63, 3.8) is 0 Å². The minimum Gasteiger partial charge on any atom is -0.258 e. The Kier molecular flexibility index (Phi) is 3.04. The molecule has 0 atom stereocenters. The SMILES string of the molecule is O=[N+]([O-])c1ccc2nc(-c3ccccc3Cl)ncc2c1. The standard InChI is InChI=1S/C14H8ClN3O2/c15-12-4-2-1-3-11(12)14-16-8-9-7-10(18(19)20)5-6-13(9)17-14/h1-8H. The zero-order valence-corrected chi connectivity index (χ0v) is 10.9. The third-order valence-electron chi connectivity index (χ3n) is 2.89. The molecule has 0 bridgehead atoms. The van der Waals surface area contributed by atoms with E-state index in [-0.39, 0.29) is 5.69 Å². The average Bonchev–Trinajstić information content (AvgIpc) is 2.46. The fourth-order valence-electron chi connectivity index (χ4n) is 1.91. The lowest BCUT2D eigenvalue weighted by molar-refractivity contribution is -0.384. The van der Waals surface area contributed by atoms with Gasteiger partial charge in [-0.15, -0.1) is 0 Å². The molecule has 2 aromatic carbocycles. The van der Waals surface area contributed by atoms with Crippen molar-refractivity contribution in [1.29, 1.82) is 0 Å². The van der Waals surface area contributed by atoms with Gasteiger partial charge in [0.15, 0.2) is 5.82 Å². The molecule has 0 aliphatic heterocycles. The number of nitrogens with zero attached hydrogens (tertiary/aromatic N) is 3. The van der Waals surface area contributed by atoms with Crippen molar-refractivity contribution in [2.45, 2.75) is 0 Å². The summed E-state index contributed by atoms with van der Waals surface area (Å²) < 4.78 is 0. The van der Waals surface area contributed by atoms with Gasteiger partial charge < -0.3 is 0 Å². The maximum Gasteiger partial charge on any atom is 0.270 e. The fraction of sp³-hybridized carbons (Fsp3) is 0. The minimum atomic E-state index is -0.443. The third-order valence-corrected chi connectivity index (χ3v) is 3.22. The van der Waals surface area contributed by atoms with Crippen LogP contribution in [0.4, 0.5) is 5.69 Å². The largest absolute Gasteiger partial charge is 0.270 e. The van der Waals surface area contributed by atoms with Crippen LogP contribution in [0.2, 0.25) is 5.02 Å². The third kappa shape index (κ3) is 2.19. The number of nitro benzene ring substituents is 1. The van der Waals surface area contributed by atoms with Crippen LogP contribution in [0.25, 0.3) is 22.3 Å². The molecule has 1 aromatic heterocycles. The molecule has 0 aliphatic carbocycles. The summed E-state index contributed by atoms with van der Waals surface area (Å²) in [5.74, 6) is 0.497. The summed E-state index contributed by atoms with van der Waals surface area (Å²) in [5, 5.41) is 11.9. The summed E-state index contributed by atoms with van der Waals surface area (Å²) in [6.07, 6.45) is 1.56. The molecular formula is C14H8ClN3O2. The van der Waals surface area contributed by atoms with E-state index in [0.29, 0.717) is 21.7 Å². The van der Waals surface area contributed by atoms with Crippen LogP contribution in [0.3, 0.4) is 0 Å². The quantitative estimate of drug-likeness (QED) is 0.529. The Bertz CT molecular complexity index is 820. The zero-order valence-electron chi connectivity index (χ0n) is 10.2. The highest BCUT2D eigenvalue weighted by Gasteiger charge is 2.10. The van der Waals surface area contributed by atoms with Crippen molar-refractivity contribution in [3.8, 4) is 11.4 Å². The van der Waals surface area contributed by atoms with E-state index in [1.165, 1.54) is 12.1 Å². The van der Waals surface area contributed by atoms with Crippen molar-refractivity contribution < 1.29 is 4.92 Å². The molecule has 0 aliphatic rings. The topological polar surface area (TPSA) is 68.9 Å². The van der Waals surface area contributed by atoms with Gasteiger partial charge in [-0.1, -0.05) is 23.7 Å². The summed E-state index contributed by atoms with van der Waals surface area (Å²) in [7, 11) is 0. The van der Waals surface area contributed by atoms with E-state index >= 15 is 0 Å². The van der Waals surface area contributed by atoms with Gasteiger partial charge in [-0.05, 0) is 18.2 Å². The number of non-ortho nitro benzene ring substituents is 1. The van der Waals surface area contributed by atoms with Crippen molar-refractivity contribution >= 4 is 28.2 Å². The first kappa shape index (κ1) is 12.5. The van der Waals surface area contributed by atoms with E-state index in [2.05, 4.69) is 9.97 Å². The van der Waals surface area contributed by atoms with Gasteiger partial charge in [0.25, 0.3) is 5.69 Å². The van der Waals surface area contributed by atoms with Crippen molar-refractivity contribution in [1.82, 2.24) is 9.97 Å². The molecule has 3 rings (SSSR count). The first-order valence-corrected chi connectivity index (χ1v) is 6.19. The highest BCUT2D eigenvalue weighted by Crippen LogP contribution is 2.26. The van der Waals surface area contributed by atoms with Crippen LogP contribution in [0, 0.1) is 10.1 Å². The van der Waals surface area contributed by atoms with Crippen molar-refractivity contribution in [3.05, 3.63) is 63.8 Å². The van der Waals surface area contributed by atoms with Gasteiger partial charge in [0, 0.05) is 29.3 Å². The van der Waals surface area contributed by atoms with Crippen LogP contribution in [0.15, 0.2) is 48.7 Å². The molecule has 0 radical (unpaired) electrons. The van der Waals surface area contributed by atoms with Gasteiger partial charge in [0.1, 0.15) is 0 Å². The molecule has 1 heterocycles. The molecule has 0 spiro atoms. The van der Waals surface area contributed by atoms with Crippen LogP contribution in [-0.2, 0) is 0 Å². The zero-order chi connectivity index (χ0) is 14.1. The number of nitro groups is 1. The Morgan fingerprint density at radius 2 is 1.95 bits per heavy atom. The molecule has 0 unspecified atom stereocenters. The summed E-state index contributed by atoms with van der Waals surface area (Å²) in [4.78, 5) is 18.9. The number of hydrogen-bond donors (Lipinski definition) is 0. The molecule has 3 aromatic rings. The second kappa shape index (κ2) is 4.86. The van der Waals surface area contributed by atoms with E-state index in [9.17, 15) is 10.1 Å². The normalized spacial score (nSPS) is 10.7. The van der Waals surface area contributed by atoms with Crippen LogP contribution < -0.4 is 0 Å². The average molecular weight is 286 g/mol. The summed E-state index contributed by atoms with van der Waals surface area (Å²) in [6, 6.07) is 11.8. The molecule has 0 saturated heterocycles. The van der Waals surface area contributed by atoms with Crippen molar-refractivity contribution in [2.75, 3.05) is 0 Å². The van der Waals surface area contributed by atoms with Gasteiger partial charge in [0.2, 0.25) is 0 Å². The predicted octanol–water partition coefficient (Wildman–Crippen LogP) is 3.86. The summed E-state index contributed by atoms with van der Waals surface area (Å²) >= 11 is 6.11. The molecule has 6 heteroatoms. The Balaban J connectivity index is 2.15. The predicted molar refractivity (Wildman–Crippen MR) is 76.6 cm³/mol. The highest BCUT2D eigenvalue weighted by atomic mass is 35.5. The van der Waals surface area contributed by atoms with E-state index < -0.39 is 4.92 Å². The molecule has 98 valence electrons. The van der Waals surface area contributed by atoms with Gasteiger partial charge in [0.05, 0.1) is 15.5 Å². The molecule has 5 nitrogen and oxygen atoms in total. The maximum atomic E-state index is 10.7. The Hall–Kier alpha value is -2.53. The second-order valence-corrected chi connectivity index (χ2v) is 4.58. The number of aromatic nitrogens is 2. The van der Waals surface area contributed by atoms with Crippen LogP contribution in [0.5, 0.6) is 0 Å². The van der Waals surface area contributed by atoms with Crippen LogP contribution in [-0.4, -0.2) is 14.9 Å². The smallest absolute Gasteiger partial charge is 0.258 e. The van der Waals surface area contributed by atoms with Gasteiger partial charge in [-0.3, -0.25) is 10.1 Å². The van der Waals surface area contributed by atoms with E-state index in [4.69, 9.17) is 11.6 Å². The number of benzene rings is 2. The lowest BCUT2D eigenvalue weighted by atomic mass is 10.2. The van der Waals surface area contributed by atoms with E-state index in [1.807, 2.05) is 18.2 Å². The first-order valence-electron chi connectivity index (χ1n) is 5.81. The molecular weight excluding hydrogens is 278 g/mol. The Morgan fingerprint density at radius 3 is 2.70 bits per heavy atom. The van der Waals surface area contributed by atoms with Gasteiger partial charge in [-0.2, -0.15) is 0 Å². The summed E-state index contributed by atoms with van der Waals surface area (Å²) in [5.41, 5.74) is 1.39. The molecule has 20 heavy (non-hydrogen) atoms. The molecule has 0 N–H and O–H groups in total. The van der Waals surface area contributed by atoms with Gasteiger partial charge in [-0.25, -0.2) is 9.97 Å². The molecule has 0 saturated carbocycles. The number of hydrogen-bond acceptors (Lipinski definition) is 4. The lowest BCUT2D eigenvalue weighted by Gasteiger charge is -2.04. The Morgan fingerprint density at radius 1 is 1.15 bits per heavy atom. The molecule has 0 fully saturated rings. The highest BCUT2D eigenvalue weighted by molar-refractivity contribution is 6.33. The van der Waals surface area contributed by atoms with E-state index in [0.717, 1.165) is 5.56 Å². The van der Waals surface area contributed by atoms with E-state index in [1.54, 1.807) is 18.3 Å².